The van der Waals surface area contributed by atoms with E-state index in [2.05, 4.69) is 25.0 Å². The van der Waals surface area contributed by atoms with Gasteiger partial charge in [-0.15, -0.1) is 0 Å². The van der Waals surface area contributed by atoms with Gasteiger partial charge < -0.3 is 76.7 Å². The van der Waals surface area contributed by atoms with E-state index >= 15 is 0 Å². The monoisotopic (exact) mass is 1390 g/mol. The average Bonchev–Trinajstić information content (AvgIpc) is 0.765. The van der Waals surface area contributed by atoms with Gasteiger partial charge in [-0.2, -0.15) is 0 Å². The van der Waals surface area contributed by atoms with E-state index in [0.717, 1.165) is 50.6 Å². The molecule has 0 unspecified atom stereocenters. The zero-order valence-corrected chi connectivity index (χ0v) is 59.4. The lowest BCUT2D eigenvalue weighted by atomic mass is 9.94. The number of hydrogen-bond acceptors (Lipinski definition) is 16. The van der Waals surface area contributed by atoms with Crippen LogP contribution in [0.15, 0.2) is 243 Å². The average molecular weight is 1390 g/mol. The Balaban J connectivity index is 1.05. The van der Waals surface area contributed by atoms with Crippen molar-refractivity contribution in [2.45, 2.75) is 190 Å². The predicted octanol–water partition coefficient (Wildman–Crippen LogP) is 13.5. The highest BCUT2D eigenvalue weighted by Gasteiger charge is 2.57. The van der Waals surface area contributed by atoms with Crippen molar-refractivity contribution in [3.8, 4) is 0 Å². The molecule has 0 aromatic heterocycles. The van der Waals surface area contributed by atoms with Gasteiger partial charge in [0.15, 0.2) is 18.9 Å². The zero-order chi connectivity index (χ0) is 69.9. The molecule has 0 aliphatic carbocycles. The Labute approximate surface area is 596 Å². The summed E-state index contributed by atoms with van der Waals surface area (Å²) in [6, 6.07) is 78.8. The lowest BCUT2D eigenvalue weighted by molar-refractivity contribution is -0.389. The number of ether oxygens (including phenoxy) is 14. The van der Waals surface area contributed by atoms with Gasteiger partial charge >= 0.3 is 0 Å². The molecule has 1 amide bonds. The Morgan fingerprint density at radius 2 is 0.683 bits per heavy atom. The smallest absolute Gasteiger partial charge is 0.220 e. The normalized spacial score (nSPS) is 25.3. The SMILES string of the molecule is CCCC(=O)N[C@H]1[C@H](O[C@H]2[C@@H](OCc3ccccc3)[C@@H](COCc3ccccc3)O[C@@H](O[C@H]3[C@H](OCc4ccccc4)[C@@H](OCc4ccccc4)[C@H](OCC[Si](C)(C)C)O[C@@H]3COCc3ccccc3)[C@@H]2OCc2ccccc2)O[C@H](COCc2ccccc2)[C@@H](O)[C@@H]1OCc1ccccc1. The molecule has 101 heavy (non-hydrogen) atoms. The summed E-state index contributed by atoms with van der Waals surface area (Å²) in [5, 5.41) is 16.0. The Morgan fingerprint density at radius 3 is 1.08 bits per heavy atom. The van der Waals surface area contributed by atoms with E-state index in [-0.39, 0.29) is 85.0 Å². The van der Waals surface area contributed by atoms with E-state index in [1.807, 2.05) is 250 Å². The predicted molar refractivity (Wildman–Crippen MR) is 386 cm³/mol. The van der Waals surface area contributed by atoms with E-state index in [9.17, 15) is 9.90 Å². The fourth-order valence-corrected chi connectivity index (χ4v) is 13.3. The Bertz CT molecular complexity index is 3580. The Hall–Kier alpha value is -7.15. The number of carbonyl (C=O) groups is 1. The van der Waals surface area contributed by atoms with E-state index in [1.165, 1.54) is 0 Å². The molecule has 15 atom stereocenters. The summed E-state index contributed by atoms with van der Waals surface area (Å²) in [5.74, 6) is -0.297. The fraction of sp³-hybridized carbons (Fsp3) is 0.410. The largest absolute Gasteiger partial charge is 0.388 e. The van der Waals surface area contributed by atoms with Crippen molar-refractivity contribution in [2.24, 2.45) is 0 Å². The number of nitrogens with one attached hydrogen (secondary N) is 1. The minimum absolute atomic E-state index is 0.0220. The van der Waals surface area contributed by atoms with Crippen LogP contribution in [0.1, 0.15) is 64.3 Å². The highest BCUT2D eigenvalue weighted by molar-refractivity contribution is 6.76. The van der Waals surface area contributed by atoms with Crippen molar-refractivity contribution < 1.29 is 76.2 Å². The summed E-state index contributed by atoms with van der Waals surface area (Å²) in [5.41, 5.74) is 7.26. The number of hydrogen-bond donors (Lipinski definition) is 2. The number of amides is 1. The third-order valence-corrected chi connectivity index (χ3v) is 19.7. The number of benzene rings is 8. The van der Waals surface area contributed by atoms with E-state index in [1.54, 1.807) is 0 Å². The van der Waals surface area contributed by atoms with Crippen LogP contribution >= 0.6 is 0 Å². The standard InChI is InChI=1S/C83H99NO16Si/c1-5-30-71(85)84-72-76(92-53-64-39-22-10-23-40-64)73(86)68(57-87-49-60-31-14-6-15-32-60)96-81(72)100-78-74(91-52-63-37-20-9-21-38-63)69(58-88-50-61-33-16-7-17-34-61)98-83(80(78)95-56-67-45-28-13-29-46-67)99-75-70(59-89-51-62-35-18-8-19-36-62)97-82(90-47-48-101(2,3)4)79(94-55-66-43-26-12-27-44-66)77(75)93-54-65-41-24-11-25-42-65/h6-29,31-46,68-70,72-83,86H,5,30,47-59H2,1-4H3,(H,84,85)/t68-,69-,70-,72-,73-,74+,75-,76-,77+,78+,79-,80-,81+,82-,83+/m1/s1. The lowest BCUT2D eigenvalue weighted by Crippen LogP contribution is -2.69. The summed E-state index contributed by atoms with van der Waals surface area (Å²) >= 11 is 0. The number of carbonyl (C=O) groups excluding carboxylic acids is 1. The molecule has 3 aliphatic rings. The number of rotatable bonds is 38. The first-order valence-corrected chi connectivity index (χ1v) is 39.2. The minimum atomic E-state index is -1.65. The summed E-state index contributed by atoms with van der Waals surface area (Å²) in [6.07, 6.45) is -14.7. The summed E-state index contributed by atoms with van der Waals surface area (Å²) < 4.78 is 100. The molecule has 2 N–H and O–H groups in total. The van der Waals surface area contributed by atoms with Gasteiger partial charge in [0.05, 0.1) is 72.7 Å². The van der Waals surface area contributed by atoms with Gasteiger partial charge in [0.25, 0.3) is 0 Å². The Kier molecular flexibility index (Phi) is 29.3. The van der Waals surface area contributed by atoms with Gasteiger partial charge in [-0.25, -0.2) is 0 Å². The van der Waals surface area contributed by atoms with E-state index < -0.39 is 100 Å². The first kappa shape index (κ1) is 75.0. The molecule has 0 spiro atoms. The van der Waals surface area contributed by atoms with Crippen LogP contribution in [0.2, 0.25) is 25.7 Å². The highest BCUT2D eigenvalue weighted by atomic mass is 28.3. The molecule has 0 bridgehead atoms. The summed E-state index contributed by atoms with van der Waals surface area (Å²) in [7, 11) is -1.65. The van der Waals surface area contributed by atoms with Gasteiger partial charge in [0.2, 0.25) is 5.91 Å². The van der Waals surface area contributed by atoms with Crippen molar-refractivity contribution in [3.05, 3.63) is 287 Å². The molecule has 536 valence electrons. The van der Waals surface area contributed by atoms with Gasteiger partial charge in [0, 0.05) is 21.1 Å². The lowest BCUT2D eigenvalue weighted by Gasteiger charge is -2.52. The quantitative estimate of drug-likeness (QED) is 0.0349. The van der Waals surface area contributed by atoms with Crippen molar-refractivity contribution in [2.75, 3.05) is 26.4 Å². The van der Waals surface area contributed by atoms with Crippen LogP contribution in [-0.4, -0.2) is 138 Å². The second-order valence-electron chi connectivity index (χ2n) is 27.2. The molecule has 18 heteroatoms. The number of aliphatic hydroxyl groups excluding tert-OH is 1. The fourth-order valence-electron chi connectivity index (χ4n) is 12.6. The van der Waals surface area contributed by atoms with Crippen molar-refractivity contribution in [1.82, 2.24) is 5.32 Å². The van der Waals surface area contributed by atoms with E-state index in [4.69, 9.17) is 66.3 Å². The van der Waals surface area contributed by atoms with Crippen molar-refractivity contribution in [1.29, 1.82) is 0 Å². The van der Waals surface area contributed by atoms with Crippen LogP contribution in [0.25, 0.3) is 0 Å². The Morgan fingerprint density at radius 1 is 0.366 bits per heavy atom. The van der Waals surface area contributed by atoms with Crippen molar-refractivity contribution >= 4 is 14.0 Å². The second kappa shape index (κ2) is 39.5. The van der Waals surface area contributed by atoms with Crippen LogP contribution in [0, 0.1) is 0 Å². The number of aliphatic hydroxyl groups is 1. The maximum atomic E-state index is 14.4. The zero-order valence-electron chi connectivity index (χ0n) is 58.4. The van der Waals surface area contributed by atoms with Crippen molar-refractivity contribution in [3.63, 3.8) is 0 Å². The first-order valence-electron chi connectivity index (χ1n) is 35.5. The van der Waals surface area contributed by atoms with Gasteiger partial charge in [0.1, 0.15) is 73.2 Å². The molecule has 3 heterocycles. The van der Waals surface area contributed by atoms with Gasteiger partial charge in [-0.05, 0) is 57.0 Å². The minimum Gasteiger partial charge on any atom is -0.388 e. The molecule has 3 saturated heterocycles. The maximum Gasteiger partial charge on any atom is 0.220 e. The third-order valence-electron chi connectivity index (χ3n) is 18.0. The molecule has 3 fully saturated rings. The highest BCUT2D eigenvalue weighted by Crippen LogP contribution is 2.39. The van der Waals surface area contributed by atoms with Crippen LogP contribution in [0.3, 0.4) is 0 Å². The van der Waals surface area contributed by atoms with Gasteiger partial charge in [-0.3, -0.25) is 4.79 Å². The summed E-state index contributed by atoms with van der Waals surface area (Å²) in [6.45, 7) is 10.5. The molecule has 0 saturated carbocycles. The molecular weight excluding hydrogens is 1290 g/mol. The molecule has 8 aromatic rings. The third kappa shape index (κ3) is 23.2. The molecule has 3 aliphatic heterocycles. The first-order chi connectivity index (χ1) is 49.5. The topological polar surface area (TPSA) is 179 Å². The van der Waals surface area contributed by atoms with Crippen LogP contribution < -0.4 is 5.32 Å². The maximum absolute atomic E-state index is 14.4. The van der Waals surface area contributed by atoms with Gasteiger partial charge in [-0.1, -0.05) is 269 Å². The summed E-state index contributed by atoms with van der Waals surface area (Å²) in [4.78, 5) is 14.4. The second-order valence-corrected chi connectivity index (χ2v) is 32.8. The molecule has 11 rings (SSSR count). The van der Waals surface area contributed by atoms with E-state index in [0.29, 0.717) is 13.0 Å². The molecule has 8 aromatic carbocycles. The molecular formula is C83H99NO16Si. The molecule has 17 nitrogen and oxygen atoms in total. The molecule has 0 radical (unpaired) electrons. The van der Waals surface area contributed by atoms with Crippen LogP contribution in [0.5, 0.6) is 0 Å². The van der Waals surface area contributed by atoms with Crippen LogP contribution in [0.4, 0.5) is 0 Å². The van der Waals surface area contributed by atoms with Crippen LogP contribution in [-0.2, 0) is 124 Å².